The van der Waals surface area contributed by atoms with E-state index in [9.17, 15) is 18.3 Å². The van der Waals surface area contributed by atoms with Gasteiger partial charge < -0.3 is 5.11 Å². The van der Waals surface area contributed by atoms with Gasteiger partial charge >= 0.3 is 5.97 Å². The van der Waals surface area contributed by atoms with E-state index in [1.165, 1.54) is 12.1 Å². The van der Waals surface area contributed by atoms with Gasteiger partial charge in [-0.2, -0.15) is 4.72 Å². The molecular formula is C27H21NO4S. The molecule has 0 aliphatic rings. The fourth-order valence-corrected chi connectivity index (χ4v) is 4.60. The van der Waals surface area contributed by atoms with Crippen molar-refractivity contribution < 1.29 is 18.3 Å². The van der Waals surface area contributed by atoms with Crippen LogP contribution in [0.5, 0.6) is 0 Å². The van der Waals surface area contributed by atoms with Gasteiger partial charge in [0.15, 0.2) is 0 Å². The summed E-state index contributed by atoms with van der Waals surface area (Å²) in [5, 5.41) is 11.7. The number of nitrogens with one attached hydrogen (secondary N) is 1. The molecule has 4 rings (SSSR count). The summed E-state index contributed by atoms with van der Waals surface area (Å²) in [6, 6.07) is 27.6. The first-order chi connectivity index (χ1) is 15.9. The lowest BCUT2D eigenvalue weighted by Gasteiger charge is -2.15. The van der Waals surface area contributed by atoms with Crippen LogP contribution in [0, 0.1) is 11.8 Å². The van der Waals surface area contributed by atoms with Crippen molar-refractivity contribution in [2.45, 2.75) is 17.4 Å². The van der Waals surface area contributed by atoms with Crippen LogP contribution in [-0.4, -0.2) is 25.5 Å². The number of carboxylic acid groups (broad SMARTS) is 1. The van der Waals surface area contributed by atoms with E-state index in [2.05, 4.69) is 16.6 Å². The SMILES string of the molecule is O=C(O)[C@@H](Cc1ccccc1)NS(=O)(=O)c1ccc(C#Cc2ccc3ccccc3c2)cc1. The molecule has 0 radical (unpaired) electrons. The van der Waals surface area contributed by atoms with Crippen molar-refractivity contribution in [1.29, 1.82) is 0 Å². The molecule has 164 valence electrons. The van der Waals surface area contributed by atoms with E-state index in [1.807, 2.05) is 48.5 Å². The smallest absolute Gasteiger partial charge is 0.322 e. The van der Waals surface area contributed by atoms with Crippen molar-refractivity contribution in [3.8, 4) is 11.8 Å². The maximum Gasteiger partial charge on any atom is 0.322 e. The second-order valence-electron chi connectivity index (χ2n) is 7.54. The Labute approximate surface area is 192 Å². The number of carbonyl (C=O) groups is 1. The van der Waals surface area contributed by atoms with Gasteiger partial charge in [0.05, 0.1) is 4.90 Å². The van der Waals surface area contributed by atoms with E-state index < -0.39 is 22.0 Å². The van der Waals surface area contributed by atoms with Crippen LogP contribution in [-0.2, 0) is 21.2 Å². The Morgan fingerprint density at radius 3 is 2.09 bits per heavy atom. The molecule has 6 heteroatoms. The maximum absolute atomic E-state index is 12.7. The molecule has 0 aliphatic heterocycles. The number of hydrogen-bond acceptors (Lipinski definition) is 3. The summed E-state index contributed by atoms with van der Waals surface area (Å²) in [4.78, 5) is 11.6. The molecule has 0 bridgehead atoms. The molecule has 0 saturated carbocycles. The van der Waals surface area contributed by atoms with E-state index in [-0.39, 0.29) is 11.3 Å². The number of hydrogen-bond donors (Lipinski definition) is 2. The summed E-state index contributed by atoms with van der Waals surface area (Å²) in [5.41, 5.74) is 2.24. The molecule has 4 aromatic rings. The predicted molar refractivity (Wildman–Crippen MR) is 128 cm³/mol. The molecule has 0 aliphatic carbocycles. The molecule has 0 aromatic heterocycles. The van der Waals surface area contributed by atoms with Crippen molar-refractivity contribution in [3.05, 3.63) is 114 Å². The topological polar surface area (TPSA) is 83.5 Å². The minimum atomic E-state index is -4.01. The molecule has 0 fully saturated rings. The van der Waals surface area contributed by atoms with Crippen molar-refractivity contribution in [3.63, 3.8) is 0 Å². The lowest BCUT2D eigenvalue weighted by molar-refractivity contribution is -0.138. The average Bonchev–Trinajstić information content (AvgIpc) is 2.83. The Morgan fingerprint density at radius 1 is 0.788 bits per heavy atom. The highest BCUT2D eigenvalue weighted by Gasteiger charge is 2.25. The highest BCUT2D eigenvalue weighted by Crippen LogP contribution is 2.16. The van der Waals surface area contributed by atoms with E-state index in [1.54, 1.807) is 36.4 Å². The van der Waals surface area contributed by atoms with Gasteiger partial charge in [-0.15, -0.1) is 0 Å². The van der Waals surface area contributed by atoms with Gasteiger partial charge in [0.25, 0.3) is 0 Å². The number of benzene rings is 4. The van der Waals surface area contributed by atoms with Crippen LogP contribution in [0.15, 0.2) is 102 Å². The third kappa shape index (κ3) is 5.66. The van der Waals surface area contributed by atoms with Crippen LogP contribution in [0.25, 0.3) is 10.8 Å². The zero-order valence-corrected chi connectivity index (χ0v) is 18.4. The summed E-state index contributed by atoms with van der Waals surface area (Å²) < 4.78 is 27.8. The minimum Gasteiger partial charge on any atom is -0.480 e. The average molecular weight is 456 g/mol. The Morgan fingerprint density at radius 2 is 1.39 bits per heavy atom. The van der Waals surface area contributed by atoms with Crippen LogP contribution in [0.1, 0.15) is 16.7 Å². The summed E-state index contributed by atoms with van der Waals surface area (Å²) in [7, 11) is -4.01. The van der Waals surface area contributed by atoms with Gasteiger partial charge in [-0.25, -0.2) is 8.42 Å². The van der Waals surface area contributed by atoms with Gasteiger partial charge in [0.1, 0.15) is 6.04 Å². The van der Waals surface area contributed by atoms with E-state index in [0.717, 1.165) is 21.9 Å². The second kappa shape index (κ2) is 9.70. The molecule has 0 amide bonds. The summed E-state index contributed by atoms with van der Waals surface area (Å²) >= 11 is 0. The molecular weight excluding hydrogens is 434 g/mol. The highest BCUT2D eigenvalue weighted by molar-refractivity contribution is 7.89. The molecule has 33 heavy (non-hydrogen) atoms. The fraction of sp³-hybridized carbons (Fsp3) is 0.0741. The van der Waals surface area contributed by atoms with Crippen LogP contribution in [0.2, 0.25) is 0 Å². The molecule has 0 unspecified atom stereocenters. The third-order valence-corrected chi connectivity index (χ3v) is 6.63. The standard InChI is InChI=1S/C27H21NO4S/c29-27(30)26(19-21-6-2-1-3-7-21)28-33(31,32)25-16-13-20(14-17-25)10-11-22-12-15-23-8-4-5-9-24(23)18-22/h1-9,12-18,26,28H,19H2,(H,29,30)/t26-/m1/s1. The first-order valence-electron chi connectivity index (χ1n) is 10.3. The summed E-state index contributed by atoms with van der Waals surface area (Å²) in [6.45, 7) is 0. The highest BCUT2D eigenvalue weighted by atomic mass is 32.2. The number of carboxylic acids is 1. The number of rotatable bonds is 6. The van der Waals surface area contributed by atoms with Gasteiger partial charge in [0, 0.05) is 11.1 Å². The third-order valence-electron chi connectivity index (χ3n) is 5.14. The quantitative estimate of drug-likeness (QED) is 0.427. The lowest BCUT2D eigenvalue weighted by atomic mass is 10.1. The first-order valence-corrected chi connectivity index (χ1v) is 11.8. The normalized spacial score (nSPS) is 12.0. The number of fused-ring (bicyclic) bond motifs is 1. The summed E-state index contributed by atoms with van der Waals surface area (Å²) in [5.74, 6) is 4.89. The second-order valence-corrected chi connectivity index (χ2v) is 9.25. The van der Waals surface area contributed by atoms with E-state index >= 15 is 0 Å². The van der Waals surface area contributed by atoms with Crippen LogP contribution in [0.3, 0.4) is 0 Å². The molecule has 1 atom stereocenters. The van der Waals surface area contributed by atoms with Gasteiger partial charge in [-0.1, -0.05) is 72.5 Å². The number of sulfonamides is 1. The van der Waals surface area contributed by atoms with Gasteiger partial charge in [-0.3, -0.25) is 4.79 Å². The van der Waals surface area contributed by atoms with Crippen molar-refractivity contribution >= 4 is 26.8 Å². The Balaban J connectivity index is 1.49. The van der Waals surface area contributed by atoms with Crippen molar-refractivity contribution in [2.24, 2.45) is 0 Å². The zero-order valence-electron chi connectivity index (χ0n) is 17.6. The lowest BCUT2D eigenvalue weighted by Crippen LogP contribution is -2.42. The van der Waals surface area contributed by atoms with Gasteiger partial charge in [0.2, 0.25) is 10.0 Å². The molecule has 5 nitrogen and oxygen atoms in total. The predicted octanol–water partition coefficient (Wildman–Crippen LogP) is 4.21. The Hall–Kier alpha value is -3.92. The Bertz CT molecular complexity index is 1450. The molecule has 0 saturated heterocycles. The zero-order chi connectivity index (χ0) is 23.3. The summed E-state index contributed by atoms with van der Waals surface area (Å²) in [6.07, 6.45) is 0.0463. The Kier molecular flexibility index (Phi) is 6.55. The first kappa shape index (κ1) is 22.3. The van der Waals surface area contributed by atoms with Crippen molar-refractivity contribution in [2.75, 3.05) is 0 Å². The maximum atomic E-state index is 12.7. The van der Waals surface area contributed by atoms with Crippen LogP contribution in [0.4, 0.5) is 0 Å². The monoisotopic (exact) mass is 455 g/mol. The van der Waals surface area contributed by atoms with E-state index in [0.29, 0.717) is 5.56 Å². The minimum absolute atomic E-state index is 0.0157. The van der Waals surface area contributed by atoms with Crippen molar-refractivity contribution in [1.82, 2.24) is 4.72 Å². The largest absolute Gasteiger partial charge is 0.480 e. The van der Waals surface area contributed by atoms with Crippen LogP contribution < -0.4 is 4.72 Å². The number of aliphatic carboxylic acids is 1. The van der Waals surface area contributed by atoms with E-state index in [4.69, 9.17) is 0 Å². The molecule has 0 spiro atoms. The van der Waals surface area contributed by atoms with Crippen LogP contribution >= 0.6 is 0 Å². The molecule has 0 heterocycles. The molecule has 2 N–H and O–H groups in total. The fourth-order valence-electron chi connectivity index (χ4n) is 3.41. The van der Waals surface area contributed by atoms with Gasteiger partial charge in [-0.05, 0) is 59.2 Å². The molecule has 4 aromatic carbocycles.